The standard InChI is InChI=1S/C12H21N3/c1-9(2)11-6-10(8-13-3)7-12(14-11)15(4)5/h6-7,9,13H,8H2,1-5H3. The van der Waals surface area contributed by atoms with Gasteiger partial charge in [0.1, 0.15) is 5.82 Å². The molecular weight excluding hydrogens is 186 g/mol. The smallest absolute Gasteiger partial charge is 0.128 e. The summed E-state index contributed by atoms with van der Waals surface area (Å²) in [5.41, 5.74) is 2.45. The third kappa shape index (κ3) is 3.20. The molecule has 1 aromatic rings. The zero-order valence-electron chi connectivity index (χ0n) is 10.3. The third-order valence-electron chi connectivity index (χ3n) is 2.32. The lowest BCUT2D eigenvalue weighted by Crippen LogP contribution is -2.14. The average molecular weight is 207 g/mol. The molecule has 1 aromatic heterocycles. The molecule has 0 aliphatic heterocycles. The van der Waals surface area contributed by atoms with Gasteiger partial charge in [-0.2, -0.15) is 0 Å². The number of hydrogen-bond acceptors (Lipinski definition) is 3. The summed E-state index contributed by atoms with van der Waals surface area (Å²) in [6, 6.07) is 4.30. The molecule has 0 bridgehead atoms. The molecule has 15 heavy (non-hydrogen) atoms. The van der Waals surface area contributed by atoms with Crippen molar-refractivity contribution in [2.45, 2.75) is 26.3 Å². The minimum Gasteiger partial charge on any atom is -0.363 e. The molecule has 0 aromatic carbocycles. The van der Waals surface area contributed by atoms with Crippen LogP contribution in [0.25, 0.3) is 0 Å². The molecule has 3 nitrogen and oxygen atoms in total. The van der Waals surface area contributed by atoms with E-state index in [-0.39, 0.29) is 0 Å². The molecule has 1 heterocycles. The molecule has 0 aliphatic rings. The molecule has 0 atom stereocenters. The van der Waals surface area contributed by atoms with Gasteiger partial charge in [-0.05, 0) is 30.7 Å². The molecule has 0 saturated heterocycles. The van der Waals surface area contributed by atoms with Gasteiger partial charge in [0.25, 0.3) is 0 Å². The minimum atomic E-state index is 0.473. The van der Waals surface area contributed by atoms with Crippen molar-refractivity contribution >= 4 is 5.82 Å². The third-order valence-corrected chi connectivity index (χ3v) is 2.32. The summed E-state index contributed by atoms with van der Waals surface area (Å²) in [6.45, 7) is 5.24. The van der Waals surface area contributed by atoms with Gasteiger partial charge in [0, 0.05) is 26.3 Å². The second-order valence-electron chi connectivity index (χ2n) is 4.34. The largest absolute Gasteiger partial charge is 0.363 e. The number of anilines is 1. The SMILES string of the molecule is CNCc1cc(C(C)C)nc(N(C)C)c1. The zero-order valence-corrected chi connectivity index (χ0v) is 10.3. The maximum Gasteiger partial charge on any atom is 0.128 e. The highest BCUT2D eigenvalue weighted by Gasteiger charge is 2.06. The van der Waals surface area contributed by atoms with Crippen molar-refractivity contribution in [1.29, 1.82) is 0 Å². The number of pyridine rings is 1. The molecule has 1 N–H and O–H groups in total. The Bertz CT molecular complexity index is 292. The number of nitrogens with one attached hydrogen (secondary N) is 1. The quantitative estimate of drug-likeness (QED) is 0.818. The second-order valence-corrected chi connectivity index (χ2v) is 4.34. The Morgan fingerprint density at radius 3 is 2.47 bits per heavy atom. The van der Waals surface area contributed by atoms with Crippen LogP contribution in [0.3, 0.4) is 0 Å². The molecule has 0 amide bonds. The van der Waals surface area contributed by atoms with Gasteiger partial charge >= 0.3 is 0 Å². The molecule has 1 rings (SSSR count). The summed E-state index contributed by atoms with van der Waals surface area (Å²) in [6.07, 6.45) is 0. The monoisotopic (exact) mass is 207 g/mol. The fourth-order valence-corrected chi connectivity index (χ4v) is 1.43. The maximum atomic E-state index is 4.61. The van der Waals surface area contributed by atoms with E-state index in [0.717, 1.165) is 18.1 Å². The van der Waals surface area contributed by atoms with Crippen LogP contribution < -0.4 is 10.2 Å². The number of hydrogen-bond donors (Lipinski definition) is 1. The van der Waals surface area contributed by atoms with Crippen molar-refractivity contribution in [3.8, 4) is 0 Å². The summed E-state index contributed by atoms with van der Waals surface area (Å²) in [5.74, 6) is 1.51. The first-order valence-electron chi connectivity index (χ1n) is 5.37. The van der Waals surface area contributed by atoms with Crippen LogP contribution in [-0.4, -0.2) is 26.1 Å². The molecule has 0 saturated carbocycles. The Kier molecular flexibility index (Phi) is 4.09. The number of aromatic nitrogens is 1. The lowest BCUT2D eigenvalue weighted by atomic mass is 10.1. The van der Waals surface area contributed by atoms with Crippen LogP contribution in [0.15, 0.2) is 12.1 Å². The van der Waals surface area contributed by atoms with Gasteiger partial charge in [-0.1, -0.05) is 13.8 Å². The van der Waals surface area contributed by atoms with Gasteiger partial charge < -0.3 is 10.2 Å². The first-order chi connectivity index (χ1) is 7.04. The van der Waals surface area contributed by atoms with E-state index < -0.39 is 0 Å². The van der Waals surface area contributed by atoms with Crippen molar-refractivity contribution in [3.63, 3.8) is 0 Å². The summed E-state index contributed by atoms with van der Waals surface area (Å²) in [4.78, 5) is 6.66. The van der Waals surface area contributed by atoms with E-state index >= 15 is 0 Å². The van der Waals surface area contributed by atoms with E-state index in [9.17, 15) is 0 Å². The molecule has 0 aliphatic carbocycles. The molecule has 0 radical (unpaired) electrons. The van der Waals surface area contributed by atoms with Crippen molar-refractivity contribution in [2.24, 2.45) is 0 Å². The van der Waals surface area contributed by atoms with E-state index in [1.807, 2.05) is 26.0 Å². The van der Waals surface area contributed by atoms with Crippen LogP contribution in [0.4, 0.5) is 5.82 Å². The van der Waals surface area contributed by atoms with E-state index in [2.05, 4.69) is 36.3 Å². The van der Waals surface area contributed by atoms with Gasteiger partial charge in [0.15, 0.2) is 0 Å². The van der Waals surface area contributed by atoms with Crippen molar-refractivity contribution in [2.75, 3.05) is 26.0 Å². The Morgan fingerprint density at radius 2 is 2.00 bits per heavy atom. The van der Waals surface area contributed by atoms with E-state index in [1.54, 1.807) is 0 Å². The lowest BCUT2D eigenvalue weighted by molar-refractivity contribution is 0.785. The van der Waals surface area contributed by atoms with Crippen molar-refractivity contribution in [3.05, 3.63) is 23.4 Å². The Labute approximate surface area is 92.5 Å². The first-order valence-corrected chi connectivity index (χ1v) is 5.37. The average Bonchev–Trinajstić information content (AvgIpc) is 2.17. The van der Waals surface area contributed by atoms with Crippen LogP contribution in [0.5, 0.6) is 0 Å². The highest BCUT2D eigenvalue weighted by molar-refractivity contribution is 5.41. The minimum absolute atomic E-state index is 0.473. The fraction of sp³-hybridized carbons (Fsp3) is 0.583. The molecule has 0 unspecified atom stereocenters. The number of rotatable bonds is 4. The van der Waals surface area contributed by atoms with Gasteiger partial charge in [0.05, 0.1) is 0 Å². The van der Waals surface area contributed by atoms with Crippen molar-refractivity contribution in [1.82, 2.24) is 10.3 Å². The van der Waals surface area contributed by atoms with Crippen LogP contribution in [0, 0.1) is 0 Å². The van der Waals surface area contributed by atoms with Crippen molar-refractivity contribution < 1.29 is 0 Å². The predicted octanol–water partition coefficient (Wildman–Crippen LogP) is 1.99. The maximum absolute atomic E-state index is 4.61. The first kappa shape index (κ1) is 12.0. The van der Waals surface area contributed by atoms with Crippen LogP contribution >= 0.6 is 0 Å². The topological polar surface area (TPSA) is 28.2 Å². The van der Waals surface area contributed by atoms with E-state index in [1.165, 1.54) is 5.56 Å². The lowest BCUT2D eigenvalue weighted by Gasteiger charge is -2.16. The van der Waals surface area contributed by atoms with E-state index in [0.29, 0.717) is 5.92 Å². The Balaban J connectivity index is 3.08. The Morgan fingerprint density at radius 1 is 1.33 bits per heavy atom. The van der Waals surface area contributed by atoms with Crippen LogP contribution in [0.2, 0.25) is 0 Å². The summed E-state index contributed by atoms with van der Waals surface area (Å²) in [5, 5.41) is 3.17. The molecular formula is C12H21N3. The zero-order chi connectivity index (χ0) is 11.4. The van der Waals surface area contributed by atoms with E-state index in [4.69, 9.17) is 0 Å². The summed E-state index contributed by atoms with van der Waals surface area (Å²) in [7, 11) is 6.01. The van der Waals surface area contributed by atoms with Gasteiger partial charge in [-0.3, -0.25) is 0 Å². The number of nitrogens with zero attached hydrogens (tertiary/aromatic N) is 2. The van der Waals surface area contributed by atoms with Gasteiger partial charge in [0.2, 0.25) is 0 Å². The normalized spacial score (nSPS) is 10.8. The van der Waals surface area contributed by atoms with Crippen LogP contribution in [0.1, 0.15) is 31.0 Å². The molecule has 0 fully saturated rings. The van der Waals surface area contributed by atoms with Gasteiger partial charge in [-0.25, -0.2) is 4.98 Å². The summed E-state index contributed by atoms with van der Waals surface area (Å²) >= 11 is 0. The second kappa shape index (κ2) is 5.12. The fourth-order valence-electron chi connectivity index (χ4n) is 1.43. The molecule has 3 heteroatoms. The van der Waals surface area contributed by atoms with Gasteiger partial charge in [-0.15, -0.1) is 0 Å². The Hall–Kier alpha value is -1.09. The molecule has 84 valence electrons. The predicted molar refractivity (Wildman–Crippen MR) is 65.4 cm³/mol. The highest BCUT2D eigenvalue weighted by atomic mass is 15.1. The highest BCUT2D eigenvalue weighted by Crippen LogP contribution is 2.18. The summed E-state index contributed by atoms with van der Waals surface area (Å²) < 4.78 is 0. The molecule has 0 spiro atoms. The van der Waals surface area contributed by atoms with Crippen LogP contribution in [-0.2, 0) is 6.54 Å².